The maximum absolute atomic E-state index is 12.8. The number of benzene rings is 1. The summed E-state index contributed by atoms with van der Waals surface area (Å²) in [6, 6.07) is 7.98. The Morgan fingerprint density at radius 3 is 2.23 bits per heavy atom. The highest BCUT2D eigenvalue weighted by atomic mass is 31.2. The molecule has 0 fully saturated rings. The van der Waals surface area contributed by atoms with Crippen LogP contribution in [-0.4, -0.2) is 32.3 Å². The van der Waals surface area contributed by atoms with Crippen LogP contribution in [0.3, 0.4) is 0 Å². The molecule has 0 amide bonds. The van der Waals surface area contributed by atoms with E-state index in [0.717, 1.165) is 22.2 Å². The maximum Gasteiger partial charge on any atom is 0.335 e. The number of nitrogens with zero attached hydrogens (tertiary/aromatic N) is 2. The molecule has 0 radical (unpaired) electrons. The summed E-state index contributed by atoms with van der Waals surface area (Å²) in [6.45, 7) is 4.35. The molecule has 22 heavy (non-hydrogen) atoms. The predicted octanol–water partition coefficient (Wildman–Crippen LogP) is 4.07. The van der Waals surface area contributed by atoms with Gasteiger partial charge in [-0.05, 0) is 24.8 Å². The first-order valence-corrected chi connectivity index (χ1v) is 9.15. The summed E-state index contributed by atoms with van der Waals surface area (Å²) in [5.41, 5.74) is 0.881. The van der Waals surface area contributed by atoms with E-state index >= 15 is 0 Å². The molecule has 2 aromatic rings. The van der Waals surface area contributed by atoms with Crippen LogP contribution in [-0.2, 0) is 19.8 Å². The Bertz CT molecular complexity index is 678. The van der Waals surface area contributed by atoms with Crippen molar-refractivity contribution in [2.75, 3.05) is 32.2 Å². The SMILES string of the molecule is CCOP(=O)(Cc1cnc(N(C)C)c2ccccc12)OCC. The molecule has 0 aliphatic heterocycles. The van der Waals surface area contributed by atoms with Gasteiger partial charge in [0.05, 0.1) is 19.4 Å². The second-order valence-electron chi connectivity index (χ2n) is 5.15. The van der Waals surface area contributed by atoms with E-state index in [1.54, 1.807) is 6.20 Å². The van der Waals surface area contributed by atoms with Gasteiger partial charge in [0, 0.05) is 25.7 Å². The fourth-order valence-corrected chi connectivity index (χ4v) is 4.16. The topological polar surface area (TPSA) is 51.7 Å². The standard InChI is InChI=1S/C16H23N2O3P/c1-5-20-22(19,21-6-2)12-13-11-17-16(18(3)4)15-10-8-7-9-14(13)15/h7-11H,5-6,12H2,1-4H3. The molecule has 0 bridgehead atoms. The molecular formula is C16H23N2O3P. The zero-order valence-electron chi connectivity index (χ0n) is 13.6. The molecule has 1 aromatic carbocycles. The number of hydrogen-bond donors (Lipinski definition) is 0. The van der Waals surface area contributed by atoms with Crippen LogP contribution in [0.4, 0.5) is 5.82 Å². The average molecular weight is 322 g/mol. The Labute approximate surface area is 131 Å². The first-order valence-electron chi connectivity index (χ1n) is 7.42. The summed E-state index contributed by atoms with van der Waals surface area (Å²) in [6.07, 6.45) is 2.00. The third kappa shape index (κ3) is 3.67. The van der Waals surface area contributed by atoms with Gasteiger partial charge in [-0.1, -0.05) is 24.3 Å². The van der Waals surface area contributed by atoms with Crippen molar-refractivity contribution in [3.63, 3.8) is 0 Å². The zero-order chi connectivity index (χ0) is 16.2. The van der Waals surface area contributed by atoms with Gasteiger partial charge in [-0.15, -0.1) is 0 Å². The lowest BCUT2D eigenvalue weighted by atomic mass is 10.1. The van der Waals surface area contributed by atoms with E-state index in [2.05, 4.69) is 4.98 Å². The van der Waals surface area contributed by atoms with Crippen LogP contribution in [0.15, 0.2) is 30.5 Å². The molecule has 0 aliphatic rings. The Balaban J connectivity index is 2.48. The van der Waals surface area contributed by atoms with Crippen molar-refractivity contribution < 1.29 is 13.6 Å². The van der Waals surface area contributed by atoms with Gasteiger partial charge in [0.1, 0.15) is 5.82 Å². The molecule has 1 heterocycles. The molecule has 0 aliphatic carbocycles. The van der Waals surface area contributed by atoms with Crippen molar-refractivity contribution in [3.8, 4) is 0 Å². The summed E-state index contributed by atoms with van der Waals surface area (Å²) in [5, 5.41) is 2.06. The van der Waals surface area contributed by atoms with Crippen LogP contribution in [0.2, 0.25) is 0 Å². The summed E-state index contributed by atoms with van der Waals surface area (Å²) < 4.78 is 23.6. The molecular weight excluding hydrogens is 299 g/mol. The van der Waals surface area contributed by atoms with Crippen molar-refractivity contribution in [1.29, 1.82) is 0 Å². The predicted molar refractivity (Wildman–Crippen MR) is 90.6 cm³/mol. The summed E-state index contributed by atoms with van der Waals surface area (Å²) in [4.78, 5) is 6.47. The number of anilines is 1. The van der Waals surface area contributed by atoms with Gasteiger partial charge in [-0.2, -0.15) is 0 Å². The van der Waals surface area contributed by atoms with Gasteiger partial charge in [-0.3, -0.25) is 4.57 Å². The van der Waals surface area contributed by atoms with Crippen molar-refractivity contribution >= 4 is 24.2 Å². The van der Waals surface area contributed by atoms with E-state index in [1.807, 2.05) is 57.1 Å². The quantitative estimate of drug-likeness (QED) is 0.719. The molecule has 0 saturated carbocycles. The van der Waals surface area contributed by atoms with E-state index in [1.165, 1.54) is 0 Å². The first-order chi connectivity index (χ1) is 10.5. The van der Waals surface area contributed by atoms with E-state index < -0.39 is 7.60 Å². The number of fused-ring (bicyclic) bond motifs is 1. The van der Waals surface area contributed by atoms with E-state index in [-0.39, 0.29) is 6.16 Å². The van der Waals surface area contributed by atoms with Crippen LogP contribution < -0.4 is 4.90 Å². The van der Waals surface area contributed by atoms with Crippen LogP contribution in [0.1, 0.15) is 19.4 Å². The monoisotopic (exact) mass is 322 g/mol. The smallest absolute Gasteiger partial charge is 0.335 e. The third-order valence-corrected chi connectivity index (χ3v) is 5.33. The minimum absolute atomic E-state index is 0.232. The molecule has 6 heteroatoms. The zero-order valence-corrected chi connectivity index (χ0v) is 14.5. The van der Waals surface area contributed by atoms with Crippen molar-refractivity contribution in [2.45, 2.75) is 20.0 Å². The first kappa shape index (κ1) is 16.9. The summed E-state index contributed by atoms with van der Waals surface area (Å²) in [7, 11) is 0.778. The molecule has 5 nitrogen and oxygen atoms in total. The van der Waals surface area contributed by atoms with Gasteiger partial charge in [0.15, 0.2) is 0 Å². The van der Waals surface area contributed by atoms with E-state index in [4.69, 9.17) is 9.05 Å². The maximum atomic E-state index is 12.8. The minimum atomic E-state index is -3.14. The summed E-state index contributed by atoms with van der Waals surface area (Å²) in [5.74, 6) is 0.891. The van der Waals surface area contributed by atoms with Crippen molar-refractivity contribution in [1.82, 2.24) is 4.98 Å². The van der Waals surface area contributed by atoms with Crippen LogP contribution in [0.25, 0.3) is 10.8 Å². The van der Waals surface area contributed by atoms with Crippen LogP contribution >= 0.6 is 7.60 Å². The van der Waals surface area contributed by atoms with Crippen molar-refractivity contribution in [2.24, 2.45) is 0 Å². The normalized spacial score (nSPS) is 11.8. The highest BCUT2D eigenvalue weighted by Crippen LogP contribution is 2.52. The van der Waals surface area contributed by atoms with Gasteiger partial charge in [0.2, 0.25) is 0 Å². The van der Waals surface area contributed by atoms with Crippen LogP contribution in [0.5, 0.6) is 0 Å². The second kappa shape index (κ2) is 7.23. The molecule has 1 aromatic heterocycles. The van der Waals surface area contributed by atoms with Gasteiger partial charge >= 0.3 is 7.60 Å². The molecule has 0 saturated heterocycles. The summed E-state index contributed by atoms with van der Waals surface area (Å²) >= 11 is 0. The highest BCUT2D eigenvalue weighted by molar-refractivity contribution is 7.53. The largest absolute Gasteiger partial charge is 0.362 e. The van der Waals surface area contributed by atoms with Crippen molar-refractivity contribution in [3.05, 3.63) is 36.0 Å². The molecule has 0 unspecified atom stereocenters. The Hall–Kier alpha value is -1.42. The number of hydrogen-bond acceptors (Lipinski definition) is 5. The van der Waals surface area contributed by atoms with E-state index in [0.29, 0.717) is 13.2 Å². The third-order valence-electron chi connectivity index (χ3n) is 3.30. The fourth-order valence-electron chi connectivity index (χ4n) is 2.45. The average Bonchev–Trinajstić information content (AvgIpc) is 2.47. The lowest BCUT2D eigenvalue weighted by molar-refractivity contribution is 0.219. The molecule has 2 rings (SSSR count). The molecule has 120 valence electrons. The Morgan fingerprint density at radius 2 is 1.68 bits per heavy atom. The highest BCUT2D eigenvalue weighted by Gasteiger charge is 2.25. The van der Waals surface area contributed by atoms with Gasteiger partial charge in [0.25, 0.3) is 0 Å². The molecule has 0 atom stereocenters. The lowest BCUT2D eigenvalue weighted by Gasteiger charge is -2.20. The number of pyridine rings is 1. The Morgan fingerprint density at radius 1 is 1.09 bits per heavy atom. The number of rotatable bonds is 7. The molecule has 0 N–H and O–H groups in total. The fraction of sp³-hybridized carbons (Fsp3) is 0.438. The van der Waals surface area contributed by atoms with Crippen LogP contribution in [0, 0.1) is 0 Å². The lowest BCUT2D eigenvalue weighted by Crippen LogP contribution is -2.11. The van der Waals surface area contributed by atoms with Gasteiger partial charge < -0.3 is 13.9 Å². The number of aromatic nitrogens is 1. The Kier molecular flexibility index (Phi) is 5.57. The van der Waals surface area contributed by atoms with Gasteiger partial charge in [-0.25, -0.2) is 4.98 Å². The van der Waals surface area contributed by atoms with E-state index in [9.17, 15) is 4.57 Å². The minimum Gasteiger partial charge on any atom is -0.362 e. The molecule has 0 spiro atoms. The second-order valence-corrected chi connectivity index (χ2v) is 7.21.